The van der Waals surface area contributed by atoms with Gasteiger partial charge in [-0.2, -0.15) is 11.8 Å². The van der Waals surface area contributed by atoms with E-state index in [1.807, 2.05) is 11.8 Å². The van der Waals surface area contributed by atoms with Gasteiger partial charge in [-0.1, -0.05) is 34.1 Å². The molecule has 0 saturated heterocycles. The van der Waals surface area contributed by atoms with Crippen LogP contribution < -0.4 is 5.32 Å². The first kappa shape index (κ1) is 16.4. The van der Waals surface area contributed by atoms with Gasteiger partial charge >= 0.3 is 0 Å². The lowest BCUT2D eigenvalue weighted by Gasteiger charge is -2.30. The maximum Gasteiger partial charge on any atom is 0.0158 e. The van der Waals surface area contributed by atoms with Crippen LogP contribution in [0.1, 0.15) is 66.2 Å². The van der Waals surface area contributed by atoms with E-state index in [9.17, 15) is 0 Å². The molecule has 1 aliphatic rings. The molecular formula is C16H33NS. The quantitative estimate of drug-likeness (QED) is 0.727. The first-order valence-electron chi connectivity index (χ1n) is 7.72. The average Bonchev–Trinajstić information content (AvgIpc) is 2.53. The van der Waals surface area contributed by atoms with E-state index in [1.165, 1.54) is 44.3 Å². The van der Waals surface area contributed by atoms with Gasteiger partial charge in [-0.3, -0.25) is 0 Å². The molecule has 18 heavy (non-hydrogen) atoms. The van der Waals surface area contributed by atoms with Crippen LogP contribution in [-0.4, -0.2) is 24.1 Å². The molecule has 1 fully saturated rings. The first-order chi connectivity index (χ1) is 8.47. The number of rotatable bonds is 5. The Kier molecular flexibility index (Phi) is 7.08. The summed E-state index contributed by atoms with van der Waals surface area (Å²) in [5.41, 5.74) is 0.498. The summed E-state index contributed by atoms with van der Waals surface area (Å²) in [6.07, 6.45) is 10.5. The van der Waals surface area contributed by atoms with Gasteiger partial charge in [0.05, 0.1) is 0 Å². The molecule has 3 atom stereocenters. The maximum absolute atomic E-state index is 3.90. The Morgan fingerprint density at radius 2 is 1.89 bits per heavy atom. The van der Waals surface area contributed by atoms with Gasteiger partial charge in [0, 0.05) is 17.8 Å². The standard InChI is InChI=1S/C16H33NS/c1-6-14(12-18-5)17-15-9-7-8-13(10-11-15)16(2,3)4/h13-15,17H,6-12H2,1-5H3. The molecule has 1 nitrogen and oxygen atoms in total. The monoisotopic (exact) mass is 271 g/mol. The van der Waals surface area contributed by atoms with E-state index in [-0.39, 0.29) is 0 Å². The van der Waals surface area contributed by atoms with Gasteiger partial charge in [0.2, 0.25) is 0 Å². The Morgan fingerprint density at radius 3 is 2.44 bits per heavy atom. The molecule has 1 rings (SSSR count). The van der Waals surface area contributed by atoms with Crippen LogP contribution >= 0.6 is 11.8 Å². The van der Waals surface area contributed by atoms with E-state index < -0.39 is 0 Å². The van der Waals surface area contributed by atoms with Crippen molar-refractivity contribution >= 4 is 11.8 Å². The van der Waals surface area contributed by atoms with Crippen LogP contribution in [0.4, 0.5) is 0 Å². The summed E-state index contributed by atoms with van der Waals surface area (Å²) >= 11 is 1.97. The normalized spacial score (nSPS) is 27.8. The topological polar surface area (TPSA) is 12.0 Å². The summed E-state index contributed by atoms with van der Waals surface area (Å²) in [4.78, 5) is 0. The Hall–Kier alpha value is 0.310. The predicted octanol–water partition coefficient (Wildman–Crippen LogP) is 4.71. The fraction of sp³-hybridized carbons (Fsp3) is 1.00. The lowest BCUT2D eigenvalue weighted by atomic mass is 9.76. The van der Waals surface area contributed by atoms with Crippen LogP contribution in [0.3, 0.4) is 0 Å². The van der Waals surface area contributed by atoms with Gasteiger partial charge in [-0.25, -0.2) is 0 Å². The third-order valence-electron chi connectivity index (χ3n) is 4.53. The molecule has 2 heteroatoms. The Morgan fingerprint density at radius 1 is 1.17 bits per heavy atom. The lowest BCUT2D eigenvalue weighted by Crippen LogP contribution is -2.39. The van der Waals surface area contributed by atoms with Crippen molar-refractivity contribution in [2.24, 2.45) is 11.3 Å². The molecule has 0 spiro atoms. The molecule has 1 saturated carbocycles. The molecule has 1 N–H and O–H groups in total. The second-order valence-corrected chi connectivity index (χ2v) is 7.91. The second kappa shape index (κ2) is 7.79. The predicted molar refractivity (Wildman–Crippen MR) is 85.4 cm³/mol. The molecule has 1 aliphatic carbocycles. The van der Waals surface area contributed by atoms with E-state index >= 15 is 0 Å². The van der Waals surface area contributed by atoms with Gasteiger partial charge in [0.25, 0.3) is 0 Å². The summed E-state index contributed by atoms with van der Waals surface area (Å²) in [5.74, 6) is 2.18. The summed E-state index contributed by atoms with van der Waals surface area (Å²) < 4.78 is 0. The highest BCUT2D eigenvalue weighted by Crippen LogP contribution is 2.36. The van der Waals surface area contributed by atoms with Crippen LogP contribution in [0, 0.1) is 11.3 Å². The molecule has 3 unspecified atom stereocenters. The molecule has 108 valence electrons. The van der Waals surface area contributed by atoms with Crippen molar-refractivity contribution in [3.63, 3.8) is 0 Å². The van der Waals surface area contributed by atoms with Crippen molar-refractivity contribution in [2.75, 3.05) is 12.0 Å². The van der Waals surface area contributed by atoms with Crippen LogP contribution in [0.5, 0.6) is 0 Å². The van der Waals surface area contributed by atoms with E-state index in [0.29, 0.717) is 5.41 Å². The van der Waals surface area contributed by atoms with E-state index in [2.05, 4.69) is 39.3 Å². The first-order valence-corrected chi connectivity index (χ1v) is 9.11. The molecule has 0 aromatic rings. The number of hydrogen-bond acceptors (Lipinski definition) is 2. The third kappa shape index (κ3) is 5.52. The van der Waals surface area contributed by atoms with E-state index in [4.69, 9.17) is 0 Å². The largest absolute Gasteiger partial charge is 0.310 e. The Balaban J connectivity index is 2.41. The lowest BCUT2D eigenvalue weighted by molar-refractivity contribution is 0.213. The zero-order valence-corrected chi connectivity index (χ0v) is 13.9. The van der Waals surface area contributed by atoms with Crippen LogP contribution in [0.15, 0.2) is 0 Å². The second-order valence-electron chi connectivity index (χ2n) is 7.00. The van der Waals surface area contributed by atoms with Crippen LogP contribution in [-0.2, 0) is 0 Å². The number of nitrogens with one attached hydrogen (secondary N) is 1. The number of thioether (sulfide) groups is 1. The molecule has 0 aliphatic heterocycles. The SMILES string of the molecule is CCC(CSC)NC1CCCC(C(C)(C)C)CC1. The fourth-order valence-electron chi connectivity index (χ4n) is 3.15. The van der Waals surface area contributed by atoms with Crippen molar-refractivity contribution in [1.29, 1.82) is 0 Å². The summed E-state index contributed by atoms with van der Waals surface area (Å²) in [7, 11) is 0. The third-order valence-corrected chi connectivity index (χ3v) is 5.26. The van der Waals surface area contributed by atoms with Gasteiger partial charge in [0.15, 0.2) is 0 Å². The summed E-state index contributed by atoms with van der Waals surface area (Å²) in [6, 6.07) is 1.49. The molecule has 0 aromatic carbocycles. The molecule has 0 amide bonds. The van der Waals surface area contributed by atoms with Crippen molar-refractivity contribution in [2.45, 2.75) is 78.3 Å². The van der Waals surface area contributed by atoms with Gasteiger partial charge in [0.1, 0.15) is 0 Å². The summed E-state index contributed by atoms with van der Waals surface area (Å²) in [5, 5.41) is 3.90. The minimum absolute atomic E-state index is 0.498. The molecule has 0 bridgehead atoms. The smallest absolute Gasteiger partial charge is 0.0158 e. The van der Waals surface area contributed by atoms with E-state index in [0.717, 1.165) is 18.0 Å². The highest BCUT2D eigenvalue weighted by molar-refractivity contribution is 7.98. The maximum atomic E-state index is 3.90. The van der Waals surface area contributed by atoms with Crippen molar-refractivity contribution in [3.8, 4) is 0 Å². The molecular weight excluding hydrogens is 238 g/mol. The van der Waals surface area contributed by atoms with E-state index in [1.54, 1.807) is 0 Å². The highest BCUT2D eigenvalue weighted by atomic mass is 32.2. The van der Waals surface area contributed by atoms with Gasteiger partial charge in [-0.15, -0.1) is 0 Å². The molecule has 0 radical (unpaired) electrons. The summed E-state index contributed by atoms with van der Waals surface area (Å²) in [6.45, 7) is 9.54. The van der Waals surface area contributed by atoms with Crippen molar-refractivity contribution in [1.82, 2.24) is 5.32 Å². The van der Waals surface area contributed by atoms with Gasteiger partial charge < -0.3 is 5.32 Å². The van der Waals surface area contributed by atoms with Gasteiger partial charge in [-0.05, 0) is 49.7 Å². The highest BCUT2D eigenvalue weighted by Gasteiger charge is 2.28. The fourth-order valence-corrected chi connectivity index (χ4v) is 3.89. The van der Waals surface area contributed by atoms with Crippen LogP contribution in [0.25, 0.3) is 0 Å². The zero-order chi connectivity index (χ0) is 13.6. The van der Waals surface area contributed by atoms with Crippen molar-refractivity contribution < 1.29 is 0 Å². The zero-order valence-electron chi connectivity index (χ0n) is 13.1. The average molecular weight is 272 g/mol. The molecule has 0 aromatic heterocycles. The van der Waals surface area contributed by atoms with Crippen molar-refractivity contribution in [3.05, 3.63) is 0 Å². The Bertz CT molecular complexity index is 222. The number of hydrogen-bond donors (Lipinski definition) is 1. The minimum Gasteiger partial charge on any atom is -0.310 e. The minimum atomic E-state index is 0.498. The van der Waals surface area contributed by atoms with Crippen LogP contribution in [0.2, 0.25) is 0 Å². The molecule has 0 heterocycles. The Labute approximate surface area is 119 Å².